The summed E-state index contributed by atoms with van der Waals surface area (Å²) in [5, 5.41) is 1.74. The van der Waals surface area contributed by atoms with Gasteiger partial charge in [-0.1, -0.05) is 40.2 Å². The maximum Gasteiger partial charge on any atom is 0.110 e. The first-order valence-corrected chi connectivity index (χ1v) is 7.10. The fourth-order valence-electron chi connectivity index (χ4n) is 2.09. The third kappa shape index (κ3) is 1.78. The minimum absolute atomic E-state index is 0.686. The predicted octanol–water partition coefficient (Wildman–Crippen LogP) is 4.50. The molecular weight excluding hydrogens is 308 g/mol. The van der Waals surface area contributed by atoms with E-state index >= 15 is 0 Å². The van der Waals surface area contributed by atoms with Crippen LogP contribution in [0.2, 0.25) is 0 Å². The number of hydrogen-bond acceptors (Lipinski definition) is 3. The molecule has 3 aromatic rings. The molecule has 0 fully saturated rings. The van der Waals surface area contributed by atoms with Crippen LogP contribution in [-0.2, 0) is 0 Å². The number of anilines is 2. The van der Waals surface area contributed by atoms with Gasteiger partial charge in [0.05, 0.1) is 5.69 Å². The van der Waals surface area contributed by atoms with Gasteiger partial charge in [-0.25, -0.2) is 0 Å². The first kappa shape index (κ1) is 11.6. The zero-order valence-corrected chi connectivity index (χ0v) is 11.9. The number of hydrogen-bond donors (Lipinski definition) is 2. The number of nitrogen functional groups attached to an aromatic ring is 2. The number of halogens is 1. The van der Waals surface area contributed by atoms with Crippen LogP contribution < -0.4 is 11.5 Å². The molecular formula is C14H11BrN2S. The number of fused-ring (bicyclic) bond motifs is 1. The van der Waals surface area contributed by atoms with Crippen LogP contribution in [-0.4, -0.2) is 0 Å². The lowest BCUT2D eigenvalue weighted by Crippen LogP contribution is -1.90. The van der Waals surface area contributed by atoms with Crippen molar-refractivity contribution in [3.05, 3.63) is 46.9 Å². The lowest BCUT2D eigenvalue weighted by atomic mass is 10.0. The monoisotopic (exact) mass is 318 g/mol. The average molecular weight is 319 g/mol. The molecule has 0 aliphatic heterocycles. The summed E-state index contributed by atoms with van der Waals surface area (Å²) in [6, 6.07) is 14.4. The average Bonchev–Trinajstić information content (AvgIpc) is 2.65. The highest BCUT2D eigenvalue weighted by molar-refractivity contribution is 9.10. The molecule has 0 amide bonds. The SMILES string of the molecule is Nc1sc2cccc(-c3cccc(Br)c3)c2c1N. The number of benzene rings is 2. The quantitative estimate of drug-likeness (QED) is 0.694. The van der Waals surface area contributed by atoms with Crippen molar-refractivity contribution in [1.82, 2.24) is 0 Å². The Balaban J connectivity index is 2.35. The van der Waals surface area contributed by atoms with Gasteiger partial charge in [0.15, 0.2) is 0 Å². The summed E-state index contributed by atoms with van der Waals surface area (Å²) < 4.78 is 2.18. The standard InChI is InChI=1S/C14H11BrN2S/c15-9-4-1-3-8(7-9)10-5-2-6-11-12(10)13(16)14(17)18-11/h1-7H,16-17H2. The Labute approximate surface area is 117 Å². The van der Waals surface area contributed by atoms with Crippen LogP contribution in [0.5, 0.6) is 0 Å². The topological polar surface area (TPSA) is 52.0 Å². The van der Waals surface area contributed by atoms with Gasteiger partial charge < -0.3 is 11.5 Å². The zero-order chi connectivity index (χ0) is 12.7. The van der Waals surface area contributed by atoms with Gasteiger partial charge >= 0.3 is 0 Å². The van der Waals surface area contributed by atoms with Crippen LogP contribution in [0.15, 0.2) is 46.9 Å². The van der Waals surface area contributed by atoms with E-state index in [4.69, 9.17) is 11.5 Å². The predicted molar refractivity (Wildman–Crippen MR) is 83.8 cm³/mol. The molecule has 3 rings (SSSR count). The van der Waals surface area contributed by atoms with Crippen LogP contribution in [0.25, 0.3) is 21.2 Å². The molecule has 0 spiro atoms. The molecule has 4 heteroatoms. The van der Waals surface area contributed by atoms with Crippen LogP contribution in [0.4, 0.5) is 10.7 Å². The highest BCUT2D eigenvalue weighted by atomic mass is 79.9. The van der Waals surface area contributed by atoms with Crippen LogP contribution in [0.1, 0.15) is 0 Å². The van der Waals surface area contributed by atoms with Crippen molar-refractivity contribution >= 4 is 48.0 Å². The first-order chi connectivity index (χ1) is 8.66. The van der Waals surface area contributed by atoms with Gasteiger partial charge in [-0.15, -0.1) is 11.3 Å². The second kappa shape index (κ2) is 4.30. The van der Waals surface area contributed by atoms with Crippen LogP contribution in [0.3, 0.4) is 0 Å². The first-order valence-electron chi connectivity index (χ1n) is 5.49. The highest BCUT2D eigenvalue weighted by Crippen LogP contribution is 2.41. The summed E-state index contributed by atoms with van der Waals surface area (Å²) in [5.41, 5.74) is 15.0. The third-order valence-electron chi connectivity index (χ3n) is 2.92. The van der Waals surface area contributed by atoms with Gasteiger partial charge in [-0.2, -0.15) is 0 Å². The van der Waals surface area contributed by atoms with Gasteiger partial charge in [0.2, 0.25) is 0 Å². The van der Waals surface area contributed by atoms with Gasteiger partial charge in [0, 0.05) is 14.6 Å². The molecule has 0 radical (unpaired) electrons. The van der Waals surface area contributed by atoms with Crippen molar-refractivity contribution < 1.29 is 0 Å². The molecule has 2 nitrogen and oxygen atoms in total. The molecule has 0 bridgehead atoms. The smallest absolute Gasteiger partial charge is 0.110 e. The molecule has 0 unspecified atom stereocenters. The van der Waals surface area contributed by atoms with Crippen molar-refractivity contribution in [2.24, 2.45) is 0 Å². The summed E-state index contributed by atoms with van der Waals surface area (Å²) in [7, 11) is 0. The van der Waals surface area contributed by atoms with E-state index in [1.807, 2.05) is 24.3 Å². The maximum absolute atomic E-state index is 6.09. The Morgan fingerprint density at radius 2 is 1.78 bits per heavy atom. The van der Waals surface area contributed by atoms with Crippen molar-refractivity contribution in [1.29, 1.82) is 0 Å². The lowest BCUT2D eigenvalue weighted by molar-refractivity contribution is 1.62. The number of rotatable bonds is 1. The Kier molecular flexibility index (Phi) is 2.76. The van der Waals surface area contributed by atoms with E-state index in [0.717, 1.165) is 25.7 Å². The summed E-state index contributed by atoms with van der Waals surface area (Å²) in [6.45, 7) is 0. The summed E-state index contributed by atoms with van der Waals surface area (Å²) >= 11 is 5.03. The van der Waals surface area contributed by atoms with Crippen LogP contribution >= 0.6 is 27.3 Å². The van der Waals surface area contributed by atoms with Gasteiger partial charge in [0.1, 0.15) is 5.00 Å². The van der Waals surface area contributed by atoms with Gasteiger partial charge in [-0.05, 0) is 29.3 Å². The van der Waals surface area contributed by atoms with Gasteiger partial charge in [-0.3, -0.25) is 0 Å². The Morgan fingerprint density at radius 3 is 2.56 bits per heavy atom. The van der Waals surface area contributed by atoms with E-state index in [-0.39, 0.29) is 0 Å². The molecule has 4 N–H and O–H groups in total. The Hall–Kier alpha value is -1.52. The van der Waals surface area contributed by atoms with Crippen molar-refractivity contribution in [2.45, 2.75) is 0 Å². The zero-order valence-electron chi connectivity index (χ0n) is 9.48. The number of thiophene rings is 1. The Morgan fingerprint density at radius 1 is 1.00 bits per heavy atom. The fourth-order valence-corrected chi connectivity index (χ4v) is 3.40. The van der Waals surface area contributed by atoms with E-state index in [0.29, 0.717) is 10.7 Å². The molecule has 90 valence electrons. The minimum Gasteiger partial charge on any atom is -0.396 e. The molecule has 0 saturated carbocycles. The third-order valence-corrected chi connectivity index (χ3v) is 4.41. The van der Waals surface area contributed by atoms with Gasteiger partial charge in [0.25, 0.3) is 0 Å². The Bertz CT molecular complexity index is 734. The molecule has 0 atom stereocenters. The molecule has 0 saturated heterocycles. The maximum atomic E-state index is 6.09. The molecule has 0 aliphatic rings. The largest absolute Gasteiger partial charge is 0.396 e. The van der Waals surface area contributed by atoms with Crippen molar-refractivity contribution in [3.63, 3.8) is 0 Å². The van der Waals surface area contributed by atoms with E-state index in [9.17, 15) is 0 Å². The fraction of sp³-hybridized carbons (Fsp3) is 0. The van der Waals surface area contributed by atoms with E-state index in [1.165, 1.54) is 11.3 Å². The van der Waals surface area contributed by atoms with Crippen LogP contribution in [0, 0.1) is 0 Å². The van der Waals surface area contributed by atoms with E-state index in [2.05, 4.69) is 34.1 Å². The summed E-state index contributed by atoms with van der Waals surface area (Å²) in [5.74, 6) is 0. The second-order valence-electron chi connectivity index (χ2n) is 4.07. The molecule has 1 aromatic heterocycles. The molecule has 0 aliphatic carbocycles. The second-order valence-corrected chi connectivity index (χ2v) is 6.07. The van der Waals surface area contributed by atoms with Crippen molar-refractivity contribution in [2.75, 3.05) is 11.5 Å². The minimum atomic E-state index is 0.686. The normalized spacial score (nSPS) is 10.9. The number of nitrogens with two attached hydrogens (primary N) is 2. The molecule has 1 heterocycles. The molecule has 18 heavy (non-hydrogen) atoms. The molecule has 2 aromatic carbocycles. The summed E-state index contributed by atoms with van der Waals surface area (Å²) in [6.07, 6.45) is 0. The lowest BCUT2D eigenvalue weighted by Gasteiger charge is -2.05. The van der Waals surface area contributed by atoms with E-state index < -0.39 is 0 Å². The van der Waals surface area contributed by atoms with Crippen molar-refractivity contribution in [3.8, 4) is 11.1 Å². The highest BCUT2D eigenvalue weighted by Gasteiger charge is 2.11. The van der Waals surface area contributed by atoms with E-state index in [1.54, 1.807) is 0 Å². The summed E-state index contributed by atoms with van der Waals surface area (Å²) in [4.78, 5) is 0.